The molecule has 0 unspecified atom stereocenters. The molecule has 5 nitrogen and oxygen atoms in total. The zero-order valence-corrected chi connectivity index (χ0v) is 18.2. The van der Waals surface area contributed by atoms with Crippen molar-refractivity contribution >= 4 is 34.2 Å². The fourth-order valence-corrected chi connectivity index (χ4v) is 5.26. The predicted octanol–water partition coefficient (Wildman–Crippen LogP) is 4.43. The number of thiophene rings is 1. The second kappa shape index (κ2) is 9.04. The van der Waals surface area contributed by atoms with Gasteiger partial charge < -0.3 is 5.32 Å². The summed E-state index contributed by atoms with van der Waals surface area (Å²) in [5.41, 5.74) is 3.38. The van der Waals surface area contributed by atoms with Gasteiger partial charge in [0.2, 0.25) is 5.91 Å². The van der Waals surface area contributed by atoms with Gasteiger partial charge in [-0.05, 0) is 47.7 Å². The molecule has 1 aliphatic heterocycles. The molecule has 0 fully saturated rings. The maximum absolute atomic E-state index is 13.5. The van der Waals surface area contributed by atoms with Gasteiger partial charge in [0.25, 0.3) is 0 Å². The summed E-state index contributed by atoms with van der Waals surface area (Å²) in [6.07, 6.45) is 6.91. The van der Waals surface area contributed by atoms with Gasteiger partial charge in [0.1, 0.15) is 16.9 Å². The number of amides is 1. The molecule has 4 rings (SSSR count). The van der Waals surface area contributed by atoms with Gasteiger partial charge in [0.05, 0.1) is 12.0 Å². The van der Waals surface area contributed by atoms with Gasteiger partial charge in [0, 0.05) is 48.7 Å². The molecule has 0 atom stereocenters. The summed E-state index contributed by atoms with van der Waals surface area (Å²) >= 11 is 3.06. The van der Waals surface area contributed by atoms with Gasteiger partial charge in [-0.25, -0.2) is 4.39 Å². The van der Waals surface area contributed by atoms with Crippen LogP contribution < -0.4 is 5.32 Å². The van der Waals surface area contributed by atoms with E-state index in [1.807, 2.05) is 34.8 Å². The quantitative estimate of drug-likeness (QED) is 0.616. The zero-order chi connectivity index (χ0) is 21.1. The first-order valence-electron chi connectivity index (χ1n) is 9.58. The highest BCUT2D eigenvalue weighted by atomic mass is 32.2. The molecular weight excluding hydrogens is 419 g/mol. The maximum atomic E-state index is 13.5. The van der Waals surface area contributed by atoms with Gasteiger partial charge in [-0.3, -0.25) is 13.7 Å². The summed E-state index contributed by atoms with van der Waals surface area (Å²) in [5.74, 6) is -0.364. The van der Waals surface area contributed by atoms with E-state index in [-0.39, 0.29) is 18.1 Å². The van der Waals surface area contributed by atoms with Crippen molar-refractivity contribution < 1.29 is 9.18 Å². The van der Waals surface area contributed by atoms with Gasteiger partial charge in [-0.1, -0.05) is 12.1 Å². The fourth-order valence-electron chi connectivity index (χ4n) is 3.67. The smallest absolute Gasteiger partial charge is 0.229 e. The normalized spacial score (nSPS) is 13.6. The van der Waals surface area contributed by atoms with Crippen molar-refractivity contribution in [1.82, 2.24) is 8.87 Å². The minimum absolute atomic E-state index is 0.124. The average molecular weight is 441 g/mol. The first kappa shape index (κ1) is 20.7. The van der Waals surface area contributed by atoms with E-state index in [2.05, 4.69) is 16.3 Å². The van der Waals surface area contributed by atoms with Crippen molar-refractivity contribution in [2.45, 2.75) is 25.9 Å². The van der Waals surface area contributed by atoms with Crippen LogP contribution in [0.4, 0.5) is 9.39 Å². The number of halogens is 1. The van der Waals surface area contributed by atoms with Crippen molar-refractivity contribution in [2.24, 2.45) is 0 Å². The van der Waals surface area contributed by atoms with Crippen LogP contribution in [-0.2, 0) is 30.7 Å². The van der Waals surface area contributed by atoms with E-state index in [1.165, 1.54) is 17.4 Å². The zero-order valence-electron chi connectivity index (χ0n) is 16.5. The van der Waals surface area contributed by atoms with E-state index >= 15 is 0 Å². The number of hydrogen-bond acceptors (Lipinski definition) is 5. The molecule has 30 heavy (non-hydrogen) atoms. The van der Waals surface area contributed by atoms with Crippen LogP contribution in [0.2, 0.25) is 0 Å². The summed E-state index contributed by atoms with van der Waals surface area (Å²) in [7, 11) is 0. The van der Waals surface area contributed by atoms with Crippen molar-refractivity contribution in [3.05, 3.63) is 75.7 Å². The Labute approximate surface area is 183 Å². The molecule has 154 valence electrons. The average Bonchev–Trinajstić information content (AvgIpc) is 3.31. The van der Waals surface area contributed by atoms with Crippen LogP contribution in [0, 0.1) is 17.1 Å². The Bertz CT molecular complexity index is 1110. The molecule has 2 aromatic heterocycles. The minimum atomic E-state index is -0.240. The van der Waals surface area contributed by atoms with Gasteiger partial charge in [0.15, 0.2) is 0 Å². The van der Waals surface area contributed by atoms with E-state index < -0.39 is 0 Å². The lowest BCUT2D eigenvalue weighted by Crippen LogP contribution is -2.29. The van der Waals surface area contributed by atoms with Crippen LogP contribution in [0.15, 0.2) is 42.7 Å². The molecule has 0 saturated carbocycles. The monoisotopic (exact) mass is 440 g/mol. The summed E-state index contributed by atoms with van der Waals surface area (Å²) in [4.78, 5) is 15.9. The molecule has 1 aromatic carbocycles. The Morgan fingerprint density at radius 1 is 1.37 bits per heavy atom. The van der Waals surface area contributed by atoms with Crippen LogP contribution in [0.25, 0.3) is 0 Å². The number of anilines is 1. The number of benzene rings is 1. The van der Waals surface area contributed by atoms with Gasteiger partial charge in [-0.15, -0.1) is 11.3 Å². The number of rotatable bonds is 6. The van der Waals surface area contributed by atoms with Crippen LogP contribution in [0.1, 0.15) is 27.1 Å². The van der Waals surface area contributed by atoms with Crippen molar-refractivity contribution in [1.29, 1.82) is 5.26 Å². The summed E-state index contributed by atoms with van der Waals surface area (Å²) < 4.78 is 15.4. The number of nitriles is 1. The van der Waals surface area contributed by atoms with Crippen LogP contribution in [-0.4, -0.2) is 27.6 Å². The van der Waals surface area contributed by atoms with E-state index in [4.69, 9.17) is 0 Å². The summed E-state index contributed by atoms with van der Waals surface area (Å²) in [6.45, 7) is 2.09. The first-order chi connectivity index (χ1) is 14.6. The number of aromatic nitrogens is 1. The van der Waals surface area contributed by atoms with Crippen LogP contribution >= 0.6 is 23.3 Å². The van der Waals surface area contributed by atoms with Crippen LogP contribution in [0.3, 0.4) is 0 Å². The summed E-state index contributed by atoms with van der Waals surface area (Å²) in [5, 5.41) is 13.3. The molecule has 1 N–H and O–H groups in total. The molecule has 0 aliphatic carbocycles. The van der Waals surface area contributed by atoms with Crippen molar-refractivity contribution in [2.75, 3.05) is 18.1 Å². The van der Waals surface area contributed by atoms with Gasteiger partial charge in [-0.2, -0.15) is 5.26 Å². The Morgan fingerprint density at radius 3 is 2.97 bits per heavy atom. The third-order valence-electron chi connectivity index (χ3n) is 5.09. The highest BCUT2D eigenvalue weighted by Gasteiger charge is 2.25. The summed E-state index contributed by atoms with van der Waals surface area (Å²) in [6, 6.07) is 10.8. The lowest BCUT2D eigenvalue weighted by Gasteiger charge is -2.27. The van der Waals surface area contributed by atoms with E-state index in [1.54, 1.807) is 24.1 Å². The largest absolute Gasteiger partial charge is 0.316 e. The topological polar surface area (TPSA) is 61.1 Å². The minimum Gasteiger partial charge on any atom is -0.316 e. The van der Waals surface area contributed by atoms with E-state index in [9.17, 15) is 14.4 Å². The Kier molecular flexibility index (Phi) is 6.23. The van der Waals surface area contributed by atoms with Crippen molar-refractivity contribution in [3.63, 3.8) is 0 Å². The number of nitrogens with one attached hydrogen (secondary N) is 1. The molecule has 1 amide bonds. The second-order valence-corrected chi connectivity index (χ2v) is 9.09. The lowest BCUT2D eigenvalue weighted by molar-refractivity contribution is -0.115. The number of fused-ring (bicyclic) bond motifs is 1. The highest BCUT2D eigenvalue weighted by molar-refractivity contribution is 7.97. The highest BCUT2D eigenvalue weighted by Crippen LogP contribution is 2.37. The molecule has 0 spiro atoms. The molecular formula is C22H21FN4OS2. The maximum Gasteiger partial charge on any atom is 0.229 e. The first-order valence-corrected chi connectivity index (χ1v) is 11.6. The molecule has 0 bridgehead atoms. The fraction of sp³-hybridized carbons (Fsp3) is 0.273. The molecule has 3 heterocycles. The third kappa shape index (κ3) is 4.59. The number of nitrogens with zero attached hydrogens (tertiary/aromatic N) is 3. The van der Waals surface area contributed by atoms with Crippen molar-refractivity contribution in [3.8, 4) is 6.07 Å². The third-order valence-corrected chi connectivity index (χ3v) is 6.95. The lowest BCUT2D eigenvalue weighted by atomic mass is 10.0. The number of carbonyl (C=O) groups excluding carboxylic acids is 1. The molecule has 3 aromatic rings. The predicted molar refractivity (Wildman–Crippen MR) is 119 cm³/mol. The molecule has 8 heteroatoms. The standard InChI is InChI=1S/C22H21FN4OS2/c1-29-27-8-5-16(13-27)10-21(28)25-22-18(11-24)19-14-26(7-6-20(19)30-22)12-15-3-2-4-17(23)9-15/h2-5,8-9,13H,6-7,10,12,14H2,1H3,(H,25,28). The van der Waals surface area contributed by atoms with E-state index in [0.29, 0.717) is 23.7 Å². The SMILES string of the molecule is CSn1ccc(CC(=O)Nc2sc3c(c2C#N)CN(Cc2cccc(F)c2)CC3)c1. The van der Waals surface area contributed by atoms with E-state index in [0.717, 1.165) is 34.5 Å². The molecule has 1 aliphatic rings. The Balaban J connectivity index is 1.46. The Hall–Kier alpha value is -2.60. The number of hydrogen-bond donors (Lipinski definition) is 1. The Morgan fingerprint density at radius 2 is 2.23 bits per heavy atom. The number of carbonyl (C=O) groups is 1. The molecule has 0 radical (unpaired) electrons. The van der Waals surface area contributed by atoms with Gasteiger partial charge >= 0.3 is 0 Å². The second-order valence-electron chi connectivity index (χ2n) is 7.20. The molecule has 0 saturated heterocycles. The van der Waals surface area contributed by atoms with Crippen LogP contribution in [0.5, 0.6) is 0 Å².